The predicted octanol–water partition coefficient (Wildman–Crippen LogP) is 1.81. The Morgan fingerprint density at radius 1 is 1.47 bits per heavy atom. The summed E-state index contributed by atoms with van der Waals surface area (Å²) in [4.78, 5) is 8.46. The molecule has 2 aromatic heterocycles. The molecule has 0 radical (unpaired) electrons. The number of imidazole rings is 1. The number of aryl methyl sites for hydroxylation is 1. The van der Waals surface area contributed by atoms with Gasteiger partial charge in [0.25, 0.3) is 0 Å². The Bertz CT molecular complexity index is 508. The number of hydrogen-bond acceptors (Lipinski definition) is 4. The fraction of sp³-hybridized carbons (Fsp3) is 0.273. The van der Waals surface area contributed by atoms with Crippen LogP contribution in [0.4, 0.5) is 11.5 Å². The SMILES string of the molecule is Cn1ccnc1CCNc1ncc(Br)cc1N. The molecule has 0 unspecified atom stereocenters. The highest BCUT2D eigenvalue weighted by Crippen LogP contribution is 2.19. The molecule has 2 aromatic rings. The number of anilines is 2. The number of nitrogens with one attached hydrogen (secondary N) is 1. The van der Waals surface area contributed by atoms with Crippen molar-refractivity contribution in [2.45, 2.75) is 6.42 Å². The van der Waals surface area contributed by atoms with Crippen molar-refractivity contribution < 1.29 is 0 Å². The van der Waals surface area contributed by atoms with Crippen molar-refractivity contribution in [1.82, 2.24) is 14.5 Å². The van der Waals surface area contributed by atoms with E-state index in [0.29, 0.717) is 11.5 Å². The lowest BCUT2D eigenvalue weighted by atomic mass is 10.3. The Labute approximate surface area is 108 Å². The van der Waals surface area contributed by atoms with E-state index in [1.807, 2.05) is 23.9 Å². The van der Waals surface area contributed by atoms with Gasteiger partial charge in [-0.15, -0.1) is 0 Å². The van der Waals surface area contributed by atoms with Crippen molar-refractivity contribution in [1.29, 1.82) is 0 Å². The fourth-order valence-corrected chi connectivity index (χ4v) is 1.88. The zero-order valence-corrected chi connectivity index (χ0v) is 11.1. The Kier molecular flexibility index (Phi) is 3.63. The maximum absolute atomic E-state index is 5.83. The average Bonchev–Trinajstić information content (AvgIpc) is 2.68. The Hall–Kier alpha value is -1.56. The van der Waals surface area contributed by atoms with Crippen LogP contribution >= 0.6 is 15.9 Å². The number of rotatable bonds is 4. The van der Waals surface area contributed by atoms with Crippen LogP contribution in [-0.2, 0) is 13.5 Å². The second-order valence-corrected chi connectivity index (χ2v) is 4.64. The van der Waals surface area contributed by atoms with Gasteiger partial charge in [-0.25, -0.2) is 9.97 Å². The number of aromatic nitrogens is 3. The summed E-state index contributed by atoms with van der Waals surface area (Å²) in [7, 11) is 1.98. The number of pyridine rings is 1. The van der Waals surface area contributed by atoms with Gasteiger partial charge in [0, 0.05) is 43.1 Å². The molecule has 0 atom stereocenters. The second kappa shape index (κ2) is 5.18. The highest BCUT2D eigenvalue weighted by molar-refractivity contribution is 9.10. The first-order valence-corrected chi connectivity index (χ1v) is 6.07. The molecule has 3 N–H and O–H groups in total. The van der Waals surface area contributed by atoms with Gasteiger partial charge in [-0.3, -0.25) is 0 Å². The molecule has 0 aromatic carbocycles. The number of nitrogen functional groups attached to an aromatic ring is 1. The Morgan fingerprint density at radius 2 is 2.29 bits per heavy atom. The lowest BCUT2D eigenvalue weighted by molar-refractivity contribution is 0.788. The van der Waals surface area contributed by atoms with Gasteiger partial charge in [0.05, 0.1) is 5.69 Å². The third-order valence-electron chi connectivity index (χ3n) is 2.45. The van der Waals surface area contributed by atoms with Gasteiger partial charge in [0.2, 0.25) is 0 Å². The van der Waals surface area contributed by atoms with Crippen LogP contribution in [0, 0.1) is 0 Å². The molecule has 2 heterocycles. The van der Waals surface area contributed by atoms with E-state index >= 15 is 0 Å². The van der Waals surface area contributed by atoms with Crippen molar-refractivity contribution in [2.24, 2.45) is 7.05 Å². The number of hydrogen-bond donors (Lipinski definition) is 2. The molecule has 0 fully saturated rings. The summed E-state index contributed by atoms with van der Waals surface area (Å²) < 4.78 is 2.88. The van der Waals surface area contributed by atoms with Gasteiger partial charge in [0.15, 0.2) is 0 Å². The summed E-state index contributed by atoms with van der Waals surface area (Å²) >= 11 is 3.32. The molecular weight excluding hydrogens is 282 g/mol. The van der Waals surface area contributed by atoms with E-state index in [1.165, 1.54) is 0 Å². The molecule has 2 rings (SSSR count). The van der Waals surface area contributed by atoms with Crippen LogP contribution in [-0.4, -0.2) is 21.1 Å². The van der Waals surface area contributed by atoms with E-state index < -0.39 is 0 Å². The molecule has 6 heteroatoms. The molecule has 90 valence electrons. The van der Waals surface area contributed by atoms with Crippen LogP contribution < -0.4 is 11.1 Å². The monoisotopic (exact) mass is 295 g/mol. The zero-order chi connectivity index (χ0) is 12.3. The molecule has 0 aliphatic rings. The molecule has 0 aliphatic heterocycles. The first-order valence-electron chi connectivity index (χ1n) is 5.28. The molecule has 0 amide bonds. The normalized spacial score (nSPS) is 10.5. The smallest absolute Gasteiger partial charge is 0.149 e. The number of nitrogens with zero attached hydrogens (tertiary/aromatic N) is 3. The third-order valence-corrected chi connectivity index (χ3v) is 2.88. The number of halogens is 1. The van der Waals surface area contributed by atoms with Crippen molar-refractivity contribution in [3.8, 4) is 0 Å². The van der Waals surface area contributed by atoms with Crippen molar-refractivity contribution in [3.63, 3.8) is 0 Å². The van der Waals surface area contributed by atoms with E-state index in [0.717, 1.165) is 23.3 Å². The molecule has 17 heavy (non-hydrogen) atoms. The van der Waals surface area contributed by atoms with Gasteiger partial charge >= 0.3 is 0 Å². The maximum Gasteiger partial charge on any atom is 0.149 e. The number of nitrogens with two attached hydrogens (primary N) is 1. The lowest BCUT2D eigenvalue weighted by Gasteiger charge is -2.08. The summed E-state index contributed by atoms with van der Waals surface area (Å²) in [6.45, 7) is 0.754. The van der Waals surface area contributed by atoms with E-state index in [-0.39, 0.29) is 0 Å². The van der Waals surface area contributed by atoms with Gasteiger partial charge in [-0.05, 0) is 22.0 Å². The van der Waals surface area contributed by atoms with Crippen LogP contribution in [0.1, 0.15) is 5.82 Å². The molecule has 0 aliphatic carbocycles. The largest absolute Gasteiger partial charge is 0.396 e. The fourth-order valence-electron chi connectivity index (χ4n) is 1.53. The standard InChI is InChI=1S/C11H14BrN5/c1-17-5-4-14-10(17)2-3-15-11-9(13)6-8(12)7-16-11/h4-7H,2-3,13H2,1H3,(H,15,16). The predicted molar refractivity (Wildman–Crippen MR) is 71.8 cm³/mol. The molecular formula is C11H14BrN5. The van der Waals surface area contributed by atoms with Crippen molar-refractivity contribution >= 4 is 27.4 Å². The molecule has 0 saturated carbocycles. The summed E-state index contributed by atoms with van der Waals surface area (Å²) in [5.41, 5.74) is 6.47. The van der Waals surface area contributed by atoms with Crippen molar-refractivity contribution in [3.05, 3.63) is 35.0 Å². The zero-order valence-electron chi connectivity index (χ0n) is 9.52. The first kappa shape index (κ1) is 11.9. The van der Waals surface area contributed by atoms with E-state index in [1.54, 1.807) is 12.4 Å². The summed E-state index contributed by atoms with van der Waals surface area (Å²) in [5, 5.41) is 3.20. The molecule has 5 nitrogen and oxygen atoms in total. The highest BCUT2D eigenvalue weighted by atomic mass is 79.9. The van der Waals surface area contributed by atoms with Gasteiger partial charge in [-0.1, -0.05) is 0 Å². The Balaban J connectivity index is 1.92. The van der Waals surface area contributed by atoms with Crippen LogP contribution in [0.25, 0.3) is 0 Å². The third kappa shape index (κ3) is 2.97. The summed E-state index contributed by atoms with van der Waals surface area (Å²) in [6.07, 6.45) is 6.28. The average molecular weight is 296 g/mol. The minimum absolute atomic E-state index is 0.638. The maximum atomic E-state index is 5.83. The van der Waals surface area contributed by atoms with Crippen LogP contribution in [0.3, 0.4) is 0 Å². The van der Waals surface area contributed by atoms with Crippen molar-refractivity contribution in [2.75, 3.05) is 17.6 Å². The van der Waals surface area contributed by atoms with Gasteiger partial charge in [-0.2, -0.15) is 0 Å². The molecule has 0 spiro atoms. The first-order chi connectivity index (χ1) is 8.16. The quantitative estimate of drug-likeness (QED) is 0.903. The highest BCUT2D eigenvalue weighted by Gasteiger charge is 2.02. The Morgan fingerprint density at radius 3 is 2.94 bits per heavy atom. The van der Waals surface area contributed by atoms with E-state index in [4.69, 9.17) is 5.73 Å². The molecule has 0 saturated heterocycles. The molecule has 0 bridgehead atoms. The minimum Gasteiger partial charge on any atom is -0.396 e. The minimum atomic E-state index is 0.638. The van der Waals surface area contributed by atoms with E-state index in [9.17, 15) is 0 Å². The van der Waals surface area contributed by atoms with Crippen LogP contribution in [0.2, 0.25) is 0 Å². The van der Waals surface area contributed by atoms with Gasteiger partial charge in [0.1, 0.15) is 11.6 Å². The summed E-state index contributed by atoms with van der Waals surface area (Å²) in [6, 6.07) is 1.83. The summed E-state index contributed by atoms with van der Waals surface area (Å²) in [5.74, 6) is 1.75. The van der Waals surface area contributed by atoms with E-state index in [2.05, 4.69) is 31.2 Å². The lowest BCUT2D eigenvalue weighted by Crippen LogP contribution is -2.10. The topological polar surface area (TPSA) is 68.8 Å². The van der Waals surface area contributed by atoms with Crippen LogP contribution in [0.5, 0.6) is 0 Å². The second-order valence-electron chi connectivity index (χ2n) is 3.72. The van der Waals surface area contributed by atoms with Crippen LogP contribution in [0.15, 0.2) is 29.1 Å². The van der Waals surface area contributed by atoms with Gasteiger partial charge < -0.3 is 15.6 Å².